The van der Waals surface area contributed by atoms with Crippen molar-refractivity contribution in [2.45, 2.75) is 52.5 Å². The van der Waals surface area contributed by atoms with Gasteiger partial charge in [-0.3, -0.25) is 0 Å². The van der Waals surface area contributed by atoms with Crippen molar-refractivity contribution >= 4 is 18.5 Å². The van der Waals surface area contributed by atoms with Gasteiger partial charge >= 0.3 is 7.12 Å². The lowest BCUT2D eigenvalue weighted by atomic mass is 9.45. The number of nitrogens with two attached hydrogens (primary N) is 2. The number of rotatable bonds is 4. The molecule has 21 heavy (non-hydrogen) atoms. The van der Waals surface area contributed by atoms with Crippen molar-refractivity contribution in [2.75, 3.05) is 17.3 Å². The zero-order chi connectivity index (χ0) is 16.0. The fourth-order valence-corrected chi connectivity index (χ4v) is 2.32. The smallest absolute Gasteiger partial charge is 0.534 e. The van der Waals surface area contributed by atoms with Gasteiger partial charge in [0.15, 0.2) is 0 Å². The third-order valence-electron chi connectivity index (χ3n) is 4.87. The predicted molar refractivity (Wildman–Crippen MR) is 88.4 cm³/mol. The van der Waals surface area contributed by atoms with Crippen LogP contribution in [0.4, 0.5) is 11.4 Å². The molecule has 1 aromatic rings. The minimum Gasteiger partial charge on any atom is -0.535 e. The van der Waals surface area contributed by atoms with Crippen LogP contribution in [0.2, 0.25) is 5.31 Å². The standard InChI is InChI=1S/C15H26BN3O2/c1-7-19(18)11-8-9-12(10(2)13(11)17)20-16-14(3,4)15(5,6)21-16/h8-9H,7,17-18H2,1-6H3. The number of nitrogen functional groups attached to an aromatic ring is 1. The average Bonchev–Trinajstić information content (AvgIpc) is 2.42. The summed E-state index contributed by atoms with van der Waals surface area (Å²) in [4.78, 5) is 0. The lowest BCUT2D eigenvalue weighted by Crippen LogP contribution is -2.64. The average molecular weight is 291 g/mol. The number of benzene rings is 1. The van der Waals surface area contributed by atoms with Gasteiger partial charge in [-0.2, -0.15) is 0 Å². The summed E-state index contributed by atoms with van der Waals surface area (Å²) in [6.45, 7) is 13.0. The highest BCUT2D eigenvalue weighted by Gasteiger charge is 2.62. The van der Waals surface area contributed by atoms with E-state index in [9.17, 15) is 0 Å². The molecule has 4 N–H and O–H groups in total. The van der Waals surface area contributed by atoms with Gasteiger partial charge in [-0.15, -0.1) is 0 Å². The second kappa shape index (κ2) is 5.11. The monoisotopic (exact) mass is 291 g/mol. The van der Waals surface area contributed by atoms with Crippen LogP contribution in [-0.4, -0.2) is 19.3 Å². The quantitative estimate of drug-likeness (QED) is 0.386. The molecule has 0 atom stereocenters. The van der Waals surface area contributed by atoms with Gasteiger partial charge < -0.3 is 20.1 Å². The van der Waals surface area contributed by atoms with Gasteiger partial charge in [-0.25, -0.2) is 5.84 Å². The van der Waals surface area contributed by atoms with E-state index in [-0.39, 0.29) is 18.0 Å². The number of nitrogens with zero attached hydrogens (tertiary/aromatic N) is 1. The largest absolute Gasteiger partial charge is 0.535 e. The Hall–Kier alpha value is -1.40. The zero-order valence-electron chi connectivity index (χ0n) is 13.9. The molecular weight excluding hydrogens is 265 g/mol. The van der Waals surface area contributed by atoms with Crippen molar-refractivity contribution in [2.24, 2.45) is 5.84 Å². The van der Waals surface area contributed by atoms with Crippen molar-refractivity contribution < 1.29 is 9.31 Å². The van der Waals surface area contributed by atoms with E-state index in [1.54, 1.807) is 5.01 Å². The van der Waals surface area contributed by atoms with Gasteiger partial charge in [0.1, 0.15) is 5.75 Å². The van der Waals surface area contributed by atoms with Crippen molar-refractivity contribution in [3.05, 3.63) is 17.7 Å². The molecule has 0 bridgehead atoms. The van der Waals surface area contributed by atoms with Crippen molar-refractivity contribution in [3.8, 4) is 5.75 Å². The van der Waals surface area contributed by atoms with E-state index in [0.717, 1.165) is 17.0 Å². The fraction of sp³-hybridized carbons (Fsp3) is 0.600. The zero-order valence-corrected chi connectivity index (χ0v) is 13.9. The third-order valence-corrected chi connectivity index (χ3v) is 4.87. The molecule has 5 nitrogen and oxygen atoms in total. The first kappa shape index (κ1) is 16.0. The van der Waals surface area contributed by atoms with Gasteiger partial charge in [0.25, 0.3) is 0 Å². The van der Waals surface area contributed by atoms with Crippen molar-refractivity contribution in [3.63, 3.8) is 0 Å². The Bertz CT molecular complexity index is 546. The third kappa shape index (κ3) is 2.47. The molecule has 0 aliphatic carbocycles. The van der Waals surface area contributed by atoms with Crippen LogP contribution in [0.5, 0.6) is 5.75 Å². The normalized spacial score (nSPS) is 19.1. The maximum Gasteiger partial charge on any atom is 0.534 e. The summed E-state index contributed by atoms with van der Waals surface area (Å²) in [7, 11) is -0.267. The molecule has 0 unspecified atom stereocenters. The number of hydrogen-bond donors (Lipinski definition) is 2. The Balaban J connectivity index is 2.22. The van der Waals surface area contributed by atoms with Gasteiger partial charge in [-0.1, -0.05) is 13.8 Å². The number of hydrazine groups is 1. The SMILES string of the molecule is CCN(N)c1ccc(OB2OC(C)(C)C2(C)C)c(C)c1N. The maximum atomic E-state index is 6.17. The summed E-state index contributed by atoms with van der Waals surface area (Å²) >= 11 is 0. The molecule has 116 valence electrons. The van der Waals surface area contributed by atoms with Gasteiger partial charge in [0, 0.05) is 17.4 Å². The molecule has 0 spiro atoms. The molecule has 0 radical (unpaired) electrons. The Morgan fingerprint density at radius 3 is 2.38 bits per heavy atom. The van der Waals surface area contributed by atoms with E-state index in [2.05, 4.69) is 27.7 Å². The van der Waals surface area contributed by atoms with Crippen LogP contribution in [0, 0.1) is 6.92 Å². The minimum atomic E-state index is -0.267. The molecule has 0 amide bonds. The van der Waals surface area contributed by atoms with Crippen LogP contribution in [0.25, 0.3) is 0 Å². The van der Waals surface area contributed by atoms with Gasteiger partial charge in [-0.05, 0) is 39.8 Å². The molecule has 0 saturated carbocycles. The van der Waals surface area contributed by atoms with Gasteiger partial charge in [0.2, 0.25) is 0 Å². The first-order valence-corrected chi connectivity index (χ1v) is 7.37. The Morgan fingerprint density at radius 1 is 1.29 bits per heavy atom. The highest BCUT2D eigenvalue weighted by atomic mass is 16.6. The summed E-state index contributed by atoms with van der Waals surface area (Å²) in [5, 5.41) is 1.56. The molecule has 1 aromatic carbocycles. The van der Waals surface area contributed by atoms with E-state index in [1.807, 2.05) is 26.0 Å². The van der Waals surface area contributed by atoms with Crippen molar-refractivity contribution in [1.82, 2.24) is 0 Å². The second-order valence-electron chi connectivity index (χ2n) is 6.71. The minimum absolute atomic E-state index is 0.0593. The van der Waals surface area contributed by atoms with E-state index >= 15 is 0 Å². The summed E-state index contributed by atoms with van der Waals surface area (Å²) < 4.78 is 11.9. The molecule has 2 rings (SSSR count). The lowest BCUT2D eigenvalue weighted by molar-refractivity contribution is -0.0412. The Labute approximate surface area is 127 Å². The molecule has 6 heteroatoms. The van der Waals surface area contributed by atoms with Crippen LogP contribution in [0.1, 0.15) is 40.2 Å². The second-order valence-corrected chi connectivity index (χ2v) is 6.71. The van der Waals surface area contributed by atoms with Gasteiger partial charge in [0.05, 0.1) is 17.0 Å². The van der Waals surface area contributed by atoms with Crippen molar-refractivity contribution in [1.29, 1.82) is 0 Å². The first-order valence-electron chi connectivity index (χ1n) is 7.37. The molecule has 1 aliphatic heterocycles. The number of anilines is 2. The molecule has 1 aliphatic rings. The van der Waals surface area contributed by atoms with E-state index in [4.69, 9.17) is 20.9 Å². The Kier molecular flexibility index (Phi) is 3.89. The summed E-state index contributed by atoms with van der Waals surface area (Å²) in [5.41, 5.74) is 8.34. The highest BCUT2D eigenvalue weighted by molar-refractivity contribution is 6.53. The predicted octanol–water partition coefficient (Wildman–Crippen LogP) is 2.73. The molecule has 1 saturated heterocycles. The number of hydrogen-bond acceptors (Lipinski definition) is 5. The lowest BCUT2D eigenvalue weighted by Gasteiger charge is -2.54. The van der Waals surface area contributed by atoms with Crippen LogP contribution in [0.15, 0.2) is 12.1 Å². The van der Waals surface area contributed by atoms with Crippen LogP contribution in [-0.2, 0) is 4.65 Å². The molecular formula is C15H26BN3O2. The highest BCUT2D eigenvalue weighted by Crippen LogP contribution is 2.54. The summed E-state index contributed by atoms with van der Waals surface area (Å²) in [6, 6.07) is 3.79. The van der Waals surface area contributed by atoms with E-state index < -0.39 is 0 Å². The van der Waals surface area contributed by atoms with E-state index in [1.165, 1.54) is 0 Å². The maximum absolute atomic E-state index is 6.17. The molecule has 1 heterocycles. The van der Waals surface area contributed by atoms with Crippen LogP contribution >= 0.6 is 0 Å². The molecule has 1 fully saturated rings. The topological polar surface area (TPSA) is 73.7 Å². The van der Waals surface area contributed by atoms with Crippen LogP contribution < -0.4 is 21.2 Å². The summed E-state index contributed by atoms with van der Waals surface area (Å²) in [6.07, 6.45) is 0. The Morgan fingerprint density at radius 2 is 1.90 bits per heavy atom. The summed E-state index contributed by atoms with van der Waals surface area (Å²) in [5.74, 6) is 6.66. The van der Waals surface area contributed by atoms with Crippen LogP contribution in [0.3, 0.4) is 0 Å². The first-order chi connectivity index (χ1) is 9.61. The van der Waals surface area contributed by atoms with E-state index in [0.29, 0.717) is 12.2 Å². The fourth-order valence-electron chi connectivity index (χ4n) is 2.32. The molecule has 0 aromatic heterocycles.